The van der Waals surface area contributed by atoms with Crippen molar-refractivity contribution in [2.75, 3.05) is 5.32 Å². The van der Waals surface area contributed by atoms with E-state index in [-0.39, 0.29) is 16.6 Å². The molecule has 1 atom stereocenters. The first-order valence-electron chi connectivity index (χ1n) is 5.90. The van der Waals surface area contributed by atoms with Crippen LogP contribution in [-0.2, 0) is 6.18 Å². The zero-order valence-electron chi connectivity index (χ0n) is 11.0. The molecule has 1 rings (SSSR count). The van der Waals surface area contributed by atoms with E-state index >= 15 is 0 Å². The summed E-state index contributed by atoms with van der Waals surface area (Å²) in [5.74, 6) is 0.310. The Balaban J connectivity index is 3.16. The standard InChI is InChI=1S/C13H17F3N2S/c1-7(2)8(3)18-9-4-5-10(12(17)19)11(6-9)13(14,15)16/h4-8,18H,1-3H3,(H2,17,19). The predicted octanol–water partition coefficient (Wildman–Crippen LogP) is 3.80. The fraction of sp³-hybridized carbons (Fsp3) is 0.462. The van der Waals surface area contributed by atoms with Crippen LogP contribution in [0, 0.1) is 5.92 Å². The lowest BCUT2D eigenvalue weighted by atomic mass is 10.0. The Kier molecular flexibility index (Phi) is 4.79. The molecular formula is C13H17F3N2S. The first kappa shape index (κ1) is 15.8. The van der Waals surface area contributed by atoms with Crippen LogP contribution in [0.4, 0.5) is 18.9 Å². The molecule has 0 aromatic heterocycles. The molecule has 1 unspecified atom stereocenters. The number of nitrogens with one attached hydrogen (secondary N) is 1. The van der Waals surface area contributed by atoms with Gasteiger partial charge in [-0.3, -0.25) is 0 Å². The van der Waals surface area contributed by atoms with Crippen molar-refractivity contribution in [3.8, 4) is 0 Å². The Morgan fingerprint density at radius 1 is 1.26 bits per heavy atom. The first-order chi connectivity index (χ1) is 8.62. The molecule has 0 bridgehead atoms. The second-order valence-electron chi connectivity index (χ2n) is 4.80. The minimum atomic E-state index is -4.47. The Morgan fingerprint density at radius 2 is 1.84 bits per heavy atom. The number of hydrogen-bond donors (Lipinski definition) is 2. The van der Waals surface area contributed by atoms with E-state index in [2.05, 4.69) is 17.5 Å². The fourth-order valence-electron chi connectivity index (χ4n) is 1.51. The van der Waals surface area contributed by atoms with Crippen molar-refractivity contribution < 1.29 is 13.2 Å². The number of thiocarbonyl (C=S) groups is 1. The highest BCUT2D eigenvalue weighted by Gasteiger charge is 2.34. The number of benzene rings is 1. The molecule has 0 aliphatic rings. The molecule has 19 heavy (non-hydrogen) atoms. The van der Waals surface area contributed by atoms with Crippen molar-refractivity contribution in [2.24, 2.45) is 11.7 Å². The zero-order chi connectivity index (χ0) is 14.8. The normalized spacial score (nSPS) is 13.4. The highest BCUT2D eigenvalue weighted by atomic mass is 32.1. The molecule has 0 aliphatic heterocycles. The number of hydrogen-bond acceptors (Lipinski definition) is 2. The van der Waals surface area contributed by atoms with Crippen LogP contribution in [0.1, 0.15) is 31.9 Å². The van der Waals surface area contributed by atoms with Crippen molar-refractivity contribution in [1.29, 1.82) is 0 Å². The van der Waals surface area contributed by atoms with Gasteiger partial charge in [0.05, 0.1) is 5.56 Å². The number of rotatable bonds is 4. The van der Waals surface area contributed by atoms with Gasteiger partial charge in [0, 0.05) is 17.3 Å². The van der Waals surface area contributed by atoms with E-state index in [9.17, 15) is 13.2 Å². The van der Waals surface area contributed by atoms with Gasteiger partial charge >= 0.3 is 6.18 Å². The van der Waals surface area contributed by atoms with Gasteiger partial charge in [-0.2, -0.15) is 13.2 Å². The van der Waals surface area contributed by atoms with Gasteiger partial charge in [0.2, 0.25) is 0 Å². The van der Waals surface area contributed by atoms with E-state index in [1.54, 1.807) is 6.07 Å². The lowest BCUT2D eigenvalue weighted by Gasteiger charge is -2.20. The van der Waals surface area contributed by atoms with Crippen molar-refractivity contribution in [3.63, 3.8) is 0 Å². The average molecular weight is 290 g/mol. The first-order valence-corrected chi connectivity index (χ1v) is 6.31. The molecule has 1 aromatic carbocycles. The second kappa shape index (κ2) is 5.77. The summed E-state index contributed by atoms with van der Waals surface area (Å²) in [5.41, 5.74) is 4.78. The molecular weight excluding hydrogens is 273 g/mol. The van der Waals surface area contributed by atoms with Crippen molar-refractivity contribution in [3.05, 3.63) is 29.3 Å². The second-order valence-corrected chi connectivity index (χ2v) is 5.24. The molecule has 0 heterocycles. The summed E-state index contributed by atoms with van der Waals surface area (Å²) in [6.07, 6.45) is -4.47. The van der Waals surface area contributed by atoms with Gasteiger partial charge in [-0.15, -0.1) is 0 Å². The quantitative estimate of drug-likeness (QED) is 0.828. The van der Waals surface area contributed by atoms with Crippen molar-refractivity contribution in [2.45, 2.75) is 33.0 Å². The molecule has 0 aliphatic carbocycles. The Bertz CT molecular complexity index is 469. The molecule has 6 heteroatoms. The van der Waals surface area contributed by atoms with E-state index in [1.165, 1.54) is 6.07 Å². The van der Waals surface area contributed by atoms with E-state index < -0.39 is 11.7 Å². The van der Waals surface area contributed by atoms with Gasteiger partial charge in [-0.25, -0.2) is 0 Å². The number of alkyl halides is 3. The topological polar surface area (TPSA) is 38.0 Å². The van der Waals surface area contributed by atoms with Crippen molar-refractivity contribution >= 4 is 22.9 Å². The van der Waals surface area contributed by atoms with Crippen LogP contribution in [0.15, 0.2) is 18.2 Å². The monoisotopic (exact) mass is 290 g/mol. The minimum absolute atomic E-state index is 0.0664. The summed E-state index contributed by atoms with van der Waals surface area (Å²) >= 11 is 4.65. The van der Waals surface area contributed by atoms with E-state index in [0.29, 0.717) is 11.6 Å². The molecule has 106 valence electrons. The van der Waals surface area contributed by atoms with E-state index in [1.807, 2.05) is 20.8 Å². The summed E-state index contributed by atoms with van der Waals surface area (Å²) < 4.78 is 38.8. The third-order valence-corrected chi connectivity index (χ3v) is 3.20. The third-order valence-electron chi connectivity index (χ3n) is 2.98. The molecule has 3 N–H and O–H groups in total. The summed E-state index contributed by atoms with van der Waals surface area (Å²) in [6.45, 7) is 5.90. The molecule has 0 amide bonds. The van der Waals surface area contributed by atoms with E-state index in [0.717, 1.165) is 6.07 Å². The maximum atomic E-state index is 12.9. The van der Waals surface area contributed by atoms with Crippen LogP contribution < -0.4 is 11.1 Å². The Labute approximate surface area is 116 Å². The maximum absolute atomic E-state index is 12.9. The molecule has 0 saturated heterocycles. The van der Waals surface area contributed by atoms with Gasteiger partial charge in [-0.1, -0.05) is 26.1 Å². The largest absolute Gasteiger partial charge is 0.417 e. The van der Waals surface area contributed by atoms with Crippen LogP contribution in [0.5, 0.6) is 0 Å². The smallest absolute Gasteiger partial charge is 0.389 e. The number of nitrogens with two attached hydrogens (primary N) is 1. The Morgan fingerprint density at radius 3 is 2.26 bits per heavy atom. The highest BCUT2D eigenvalue weighted by molar-refractivity contribution is 7.80. The van der Waals surface area contributed by atoms with Crippen molar-refractivity contribution in [1.82, 2.24) is 0 Å². The molecule has 0 radical (unpaired) electrons. The van der Waals surface area contributed by atoms with Gasteiger partial charge < -0.3 is 11.1 Å². The fourth-order valence-corrected chi connectivity index (χ4v) is 1.69. The maximum Gasteiger partial charge on any atom is 0.417 e. The van der Waals surface area contributed by atoms with Gasteiger partial charge in [0.25, 0.3) is 0 Å². The lowest BCUT2D eigenvalue weighted by molar-refractivity contribution is -0.137. The van der Waals surface area contributed by atoms with Crippen LogP contribution in [-0.4, -0.2) is 11.0 Å². The highest BCUT2D eigenvalue weighted by Crippen LogP contribution is 2.34. The van der Waals surface area contributed by atoms with Crippen LogP contribution in [0.2, 0.25) is 0 Å². The average Bonchev–Trinajstić information content (AvgIpc) is 2.27. The van der Waals surface area contributed by atoms with Crippen LogP contribution >= 0.6 is 12.2 Å². The van der Waals surface area contributed by atoms with Gasteiger partial charge in [0.1, 0.15) is 4.99 Å². The number of anilines is 1. The van der Waals surface area contributed by atoms with Gasteiger partial charge in [0.15, 0.2) is 0 Å². The molecule has 2 nitrogen and oxygen atoms in total. The van der Waals surface area contributed by atoms with E-state index in [4.69, 9.17) is 5.73 Å². The molecule has 0 spiro atoms. The summed E-state index contributed by atoms with van der Waals surface area (Å²) in [6, 6.07) is 3.98. The minimum Gasteiger partial charge on any atom is -0.389 e. The van der Waals surface area contributed by atoms with Gasteiger partial charge in [-0.05, 0) is 31.0 Å². The summed E-state index contributed by atoms with van der Waals surface area (Å²) in [4.78, 5) is -0.254. The molecule has 0 fully saturated rings. The Hall–Kier alpha value is -1.30. The number of halogens is 3. The third kappa shape index (κ3) is 4.09. The summed E-state index contributed by atoms with van der Waals surface area (Å²) in [5, 5.41) is 3.04. The summed E-state index contributed by atoms with van der Waals surface area (Å²) in [7, 11) is 0. The zero-order valence-corrected chi connectivity index (χ0v) is 11.8. The van der Waals surface area contributed by atoms with Crippen LogP contribution in [0.25, 0.3) is 0 Å². The molecule has 0 saturated carbocycles. The van der Waals surface area contributed by atoms with Crippen LogP contribution in [0.3, 0.4) is 0 Å². The lowest BCUT2D eigenvalue weighted by Crippen LogP contribution is -2.23. The molecule has 1 aromatic rings. The SMILES string of the molecule is CC(C)C(C)Nc1ccc(C(N)=S)c(C(F)(F)F)c1. The predicted molar refractivity (Wildman–Crippen MR) is 75.3 cm³/mol.